The van der Waals surface area contributed by atoms with Gasteiger partial charge >= 0.3 is 0 Å². The molecule has 0 spiro atoms. The number of hydrogen-bond donors (Lipinski definition) is 1. The van der Waals surface area contributed by atoms with E-state index in [2.05, 4.69) is 32.2 Å². The number of thiophene rings is 1. The van der Waals surface area contributed by atoms with E-state index >= 15 is 0 Å². The Balaban J connectivity index is 0.00000225. The molecule has 0 unspecified atom stereocenters. The van der Waals surface area contributed by atoms with Gasteiger partial charge < -0.3 is 15.1 Å². The van der Waals surface area contributed by atoms with Crippen molar-refractivity contribution >= 4 is 52.9 Å². The van der Waals surface area contributed by atoms with Crippen LogP contribution in [-0.2, 0) is 18.3 Å². The van der Waals surface area contributed by atoms with Gasteiger partial charge in [0, 0.05) is 39.9 Å². The van der Waals surface area contributed by atoms with Crippen LogP contribution in [0, 0.1) is 0 Å². The molecule has 9 heteroatoms. The second-order valence-corrected chi connectivity index (χ2v) is 6.47. The van der Waals surface area contributed by atoms with Crippen LogP contribution in [0.1, 0.15) is 5.56 Å². The average molecular weight is 474 g/mol. The smallest absolute Gasteiger partial charge is 0.246 e. The Morgan fingerprint density at radius 3 is 2.88 bits per heavy atom. The number of hydrogen-bond acceptors (Lipinski definition) is 4. The number of halogens is 1. The van der Waals surface area contributed by atoms with Gasteiger partial charge in [0.2, 0.25) is 5.91 Å². The van der Waals surface area contributed by atoms with Crippen LogP contribution < -0.4 is 10.2 Å². The van der Waals surface area contributed by atoms with Crippen molar-refractivity contribution in [1.29, 1.82) is 0 Å². The predicted molar refractivity (Wildman–Crippen MR) is 112 cm³/mol. The first-order valence-corrected chi connectivity index (χ1v) is 8.87. The van der Waals surface area contributed by atoms with Crippen LogP contribution >= 0.6 is 35.3 Å². The van der Waals surface area contributed by atoms with Crippen LogP contribution in [0.5, 0.6) is 0 Å². The van der Waals surface area contributed by atoms with E-state index < -0.39 is 0 Å². The maximum Gasteiger partial charge on any atom is 0.246 e. The molecular weight excluding hydrogens is 451 g/mol. The minimum atomic E-state index is 0. The number of guanidine groups is 1. The average Bonchev–Trinajstić information content (AvgIpc) is 3.23. The number of carbonyl (C=O) groups excluding carboxylic acids is 1. The minimum Gasteiger partial charge on any atom is -0.356 e. The molecule has 3 heterocycles. The standard InChI is InChI=1S/C16H22N6OS.HI/c1-17-16(18-5-3-13-4-8-24-12-13)21-6-7-22(15(23)11-21)14-9-19-20(2)10-14;/h4,8-10,12H,3,5-7,11H2,1-2H3,(H,17,18);1H. The van der Waals surface area contributed by atoms with Crippen molar-refractivity contribution in [3.05, 3.63) is 34.8 Å². The number of carbonyl (C=O) groups is 1. The second kappa shape index (κ2) is 9.18. The van der Waals surface area contributed by atoms with E-state index in [1.165, 1.54) is 5.56 Å². The van der Waals surface area contributed by atoms with E-state index in [0.29, 0.717) is 13.1 Å². The lowest BCUT2D eigenvalue weighted by atomic mass is 10.2. The fraction of sp³-hybridized carbons (Fsp3) is 0.438. The summed E-state index contributed by atoms with van der Waals surface area (Å²) in [7, 11) is 3.61. The fourth-order valence-corrected chi connectivity index (χ4v) is 3.46. The molecular formula is C16H23IN6OS. The highest BCUT2D eigenvalue weighted by atomic mass is 127. The highest BCUT2D eigenvalue weighted by molar-refractivity contribution is 14.0. The number of aromatic nitrogens is 2. The number of nitrogens with zero attached hydrogens (tertiary/aromatic N) is 5. The zero-order valence-electron chi connectivity index (χ0n) is 14.4. The van der Waals surface area contributed by atoms with Gasteiger partial charge in [-0.3, -0.25) is 14.5 Å². The number of aryl methyl sites for hydroxylation is 1. The maximum absolute atomic E-state index is 12.5. The number of anilines is 1. The molecule has 0 bridgehead atoms. The van der Waals surface area contributed by atoms with Gasteiger partial charge in [0.25, 0.3) is 0 Å². The Hall–Kier alpha value is -1.62. The van der Waals surface area contributed by atoms with E-state index in [4.69, 9.17) is 0 Å². The highest BCUT2D eigenvalue weighted by Gasteiger charge is 2.27. The Bertz CT molecular complexity index is 714. The molecule has 0 aromatic carbocycles. The molecule has 0 atom stereocenters. The van der Waals surface area contributed by atoms with Crippen molar-refractivity contribution in [2.24, 2.45) is 12.0 Å². The molecule has 1 fully saturated rings. The van der Waals surface area contributed by atoms with Crippen LogP contribution in [0.25, 0.3) is 0 Å². The molecule has 2 aromatic rings. The van der Waals surface area contributed by atoms with Crippen LogP contribution in [0.3, 0.4) is 0 Å². The molecule has 0 aliphatic carbocycles. The van der Waals surface area contributed by atoms with Crippen LogP contribution in [0.15, 0.2) is 34.2 Å². The van der Waals surface area contributed by atoms with E-state index in [0.717, 1.165) is 31.2 Å². The zero-order chi connectivity index (χ0) is 16.9. The van der Waals surface area contributed by atoms with Crippen LogP contribution in [0.4, 0.5) is 5.69 Å². The van der Waals surface area contributed by atoms with Crippen molar-refractivity contribution in [3.8, 4) is 0 Å². The number of aliphatic imine (C=N–C) groups is 1. The molecule has 1 N–H and O–H groups in total. The van der Waals surface area contributed by atoms with Crippen molar-refractivity contribution < 1.29 is 4.79 Å². The second-order valence-electron chi connectivity index (χ2n) is 5.69. The molecule has 1 aliphatic heterocycles. The third-order valence-electron chi connectivity index (χ3n) is 4.01. The molecule has 1 amide bonds. The molecule has 1 aliphatic rings. The molecule has 0 radical (unpaired) electrons. The van der Waals surface area contributed by atoms with E-state index in [-0.39, 0.29) is 29.9 Å². The van der Waals surface area contributed by atoms with E-state index in [1.807, 2.05) is 18.1 Å². The first-order valence-electron chi connectivity index (χ1n) is 7.93. The predicted octanol–water partition coefficient (Wildman–Crippen LogP) is 1.57. The van der Waals surface area contributed by atoms with Crippen molar-refractivity contribution in [1.82, 2.24) is 20.0 Å². The Kier molecular flexibility index (Phi) is 7.24. The first-order chi connectivity index (χ1) is 11.7. The molecule has 1 saturated heterocycles. The largest absolute Gasteiger partial charge is 0.356 e. The maximum atomic E-state index is 12.5. The van der Waals surface area contributed by atoms with Gasteiger partial charge in [-0.2, -0.15) is 16.4 Å². The Morgan fingerprint density at radius 1 is 1.44 bits per heavy atom. The number of rotatable bonds is 4. The van der Waals surface area contributed by atoms with Gasteiger partial charge in [-0.15, -0.1) is 24.0 Å². The summed E-state index contributed by atoms with van der Waals surface area (Å²) in [6.07, 6.45) is 4.54. The topological polar surface area (TPSA) is 65.8 Å². The van der Waals surface area contributed by atoms with E-state index in [9.17, 15) is 4.79 Å². The minimum absolute atomic E-state index is 0. The molecule has 136 valence electrons. The van der Waals surface area contributed by atoms with Crippen LogP contribution in [-0.4, -0.2) is 59.8 Å². The summed E-state index contributed by atoms with van der Waals surface area (Å²) in [6, 6.07) is 2.13. The lowest BCUT2D eigenvalue weighted by molar-refractivity contribution is -0.120. The van der Waals surface area contributed by atoms with Crippen molar-refractivity contribution in [2.75, 3.05) is 38.1 Å². The summed E-state index contributed by atoms with van der Waals surface area (Å²) >= 11 is 1.71. The third kappa shape index (κ3) is 4.94. The summed E-state index contributed by atoms with van der Waals surface area (Å²) in [5.74, 6) is 0.847. The van der Waals surface area contributed by atoms with Crippen molar-refractivity contribution in [2.45, 2.75) is 6.42 Å². The first kappa shape index (κ1) is 19.7. The SMILES string of the molecule is CN=C(NCCc1ccsc1)N1CCN(c2cnn(C)c2)C(=O)C1.I. The summed E-state index contributed by atoms with van der Waals surface area (Å²) in [5, 5.41) is 11.7. The fourth-order valence-electron chi connectivity index (χ4n) is 2.76. The van der Waals surface area contributed by atoms with Gasteiger partial charge in [0.15, 0.2) is 5.96 Å². The summed E-state index contributed by atoms with van der Waals surface area (Å²) < 4.78 is 1.71. The monoisotopic (exact) mass is 474 g/mol. The molecule has 2 aromatic heterocycles. The third-order valence-corrected chi connectivity index (χ3v) is 4.74. The van der Waals surface area contributed by atoms with Gasteiger partial charge in [-0.05, 0) is 28.8 Å². The number of amides is 1. The zero-order valence-corrected chi connectivity index (χ0v) is 17.5. The summed E-state index contributed by atoms with van der Waals surface area (Å²) in [4.78, 5) is 20.6. The Labute approximate surface area is 168 Å². The molecule has 3 rings (SSSR count). The van der Waals surface area contributed by atoms with Gasteiger partial charge in [-0.1, -0.05) is 0 Å². The van der Waals surface area contributed by atoms with Gasteiger partial charge in [-0.25, -0.2) is 0 Å². The quantitative estimate of drug-likeness (QED) is 0.415. The normalized spacial score (nSPS) is 15.3. The number of nitrogens with one attached hydrogen (secondary N) is 1. The molecule has 7 nitrogen and oxygen atoms in total. The summed E-state index contributed by atoms with van der Waals surface area (Å²) in [6.45, 7) is 2.52. The lowest BCUT2D eigenvalue weighted by Gasteiger charge is -2.35. The Morgan fingerprint density at radius 2 is 2.28 bits per heavy atom. The molecule has 0 saturated carbocycles. The van der Waals surface area contributed by atoms with Gasteiger partial charge in [0.05, 0.1) is 11.9 Å². The highest BCUT2D eigenvalue weighted by Crippen LogP contribution is 2.16. The van der Waals surface area contributed by atoms with Crippen molar-refractivity contribution in [3.63, 3.8) is 0 Å². The van der Waals surface area contributed by atoms with Gasteiger partial charge in [0.1, 0.15) is 6.54 Å². The van der Waals surface area contributed by atoms with E-state index in [1.54, 1.807) is 34.2 Å². The summed E-state index contributed by atoms with van der Waals surface area (Å²) in [5.41, 5.74) is 2.17. The van der Waals surface area contributed by atoms with Crippen LogP contribution in [0.2, 0.25) is 0 Å². The molecule has 25 heavy (non-hydrogen) atoms. The lowest BCUT2D eigenvalue weighted by Crippen LogP contribution is -2.55. The number of piperazine rings is 1.